The van der Waals surface area contributed by atoms with Crippen LogP contribution in [0.15, 0.2) is 24.3 Å². The third-order valence-electron chi connectivity index (χ3n) is 4.33. The Balaban J connectivity index is 1.84. The van der Waals surface area contributed by atoms with Gasteiger partial charge in [-0.1, -0.05) is 18.2 Å². The first-order valence-electron chi connectivity index (χ1n) is 7.58. The molecule has 4 heteroatoms. The molecule has 3 N–H and O–H groups in total. The van der Waals surface area contributed by atoms with Gasteiger partial charge in [0.15, 0.2) is 0 Å². The Morgan fingerprint density at radius 2 is 2.10 bits per heavy atom. The molecule has 1 aliphatic carbocycles. The first-order valence-corrected chi connectivity index (χ1v) is 7.58. The molecule has 1 saturated carbocycles. The molecule has 0 saturated heterocycles. The summed E-state index contributed by atoms with van der Waals surface area (Å²) in [7, 11) is 0. The number of benzene rings is 1. The highest BCUT2D eigenvalue weighted by atomic mass is 16.2. The summed E-state index contributed by atoms with van der Waals surface area (Å²) in [4.78, 5) is 14.5. The largest absolute Gasteiger partial charge is 0.360 e. The van der Waals surface area contributed by atoms with Crippen LogP contribution in [0.5, 0.6) is 0 Å². The molecule has 0 bridgehead atoms. The van der Waals surface area contributed by atoms with Gasteiger partial charge in [-0.15, -0.1) is 0 Å². The lowest BCUT2D eigenvalue weighted by Gasteiger charge is -2.30. The van der Waals surface area contributed by atoms with Gasteiger partial charge < -0.3 is 16.0 Å². The molecule has 1 aromatic carbocycles. The van der Waals surface area contributed by atoms with Crippen molar-refractivity contribution >= 4 is 11.6 Å². The van der Waals surface area contributed by atoms with Crippen LogP contribution in [0.3, 0.4) is 0 Å². The molecule has 1 heterocycles. The van der Waals surface area contributed by atoms with Crippen molar-refractivity contribution < 1.29 is 4.79 Å². The number of carbonyl (C=O) groups excluding carboxylic acids is 1. The lowest BCUT2D eigenvalue weighted by molar-refractivity contribution is -0.122. The maximum absolute atomic E-state index is 12.3. The van der Waals surface area contributed by atoms with E-state index in [2.05, 4.69) is 22.3 Å². The molecule has 1 fully saturated rings. The lowest BCUT2D eigenvalue weighted by atomic mass is 10.0. The molecule has 20 heavy (non-hydrogen) atoms. The first-order chi connectivity index (χ1) is 9.66. The van der Waals surface area contributed by atoms with E-state index >= 15 is 0 Å². The summed E-state index contributed by atoms with van der Waals surface area (Å²) in [6.07, 6.45) is 4.25. The molecule has 2 aliphatic rings. The minimum atomic E-state index is -0.137. The van der Waals surface area contributed by atoms with Crippen molar-refractivity contribution in [2.45, 2.75) is 50.7 Å². The zero-order valence-electron chi connectivity index (χ0n) is 12.0. The minimum absolute atomic E-state index is 0.0786. The van der Waals surface area contributed by atoms with E-state index in [9.17, 15) is 4.79 Å². The van der Waals surface area contributed by atoms with Crippen LogP contribution in [-0.4, -0.2) is 24.5 Å². The van der Waals surface area contributed by atoms with Crippen LogP contribution in [0.1, 0.15) is 44.2 Å². The number of rotatable bonds is 3. The van der Waals surface area contributed by atoms with Crippen LogP contribution in [0.4, 0.5) is 5.69 Å². The Hall–Kier alpha value is -1.55. The van der Waals surface area contributed by atoms with Crippen molar-refractivity contribution in [3.63, 3.8) is 0 Å². The van der Waals surface area contributed by atoms with Crippen LogP contribution in [-0.2, 0) is 4.79 Å². The van der Waals surface area contributed by atoms with Crippen molar-refractivity contribution in [3.8, 4) is 0 Å². The number of para-hydroxylation sites is 1. The number of carbonyl (C=O) groups is 1. The summed E-state index contributed by atoms with van der Waals surface area (Å²) in [6.45, 7) is 2.88. The Labute approximate surface area is 120 Å². The fourth-order valence-electron chi connectivity index (χ4n) is 2.91. The summed E-state index contributed by atoms with van der Waals surface area (Å²) in [5.41, 5.74) is 8.53. The van der Waals surface area contributed by atoms with Crippen LogP contribution < -0.4 is 16.0 Å². The van der Waals surface area contributed by atoms with E-state index < -0.39 is 0 Å². The van der Waals surface area contributed by atoms with Gasteiger partial charge in [0.05, 0.1) is 0 Å². The van der Waals surface area contributed by atoms with E-state index in [1.165, 1.54) is 0 Å². The Bertz CT molecular complexity index is 498. The second kappa shape index (κ2) is 5.44. The maximum Gasteiger partial charge on any atom is 0.242 e. The highest BCUT2D eigenvalue weighted by molar-refractivity contribution is 5.85. The lowest BCUT2D eigenvalue weighted by Crippen LogP contribution is -2.46. The number of fused-ring (bicyclic) bond motifs is 1. The van der Waals surface area contributed by atoms with E-state index in [0.29, 0.717) is 6.04 Å². The number of nitrogens with zero attached hydrogens (tertiary/aromatic N) is 1. The van der Waals surface area contributed by atoms with Crippen molar-refractivity contribution in [1.29, 1.82) is 0 Å². The van der Waals surface area contributed by atoms with Crippen LogP contribution in [0.2, 0.25) is 0 Å². The van der Waals surface area contributed by atoms with Gasteiger partial charge in [-0.05, 0) is 44.2 Å². The van der Waals surface area contributed by atoms with Gasteiger partial charge in [-0.2, -0.15) is 0 Å². The number of hydrogen-bond acceptors (Lipinski definition) is 3. The minimum Gasteiger partial charge on any atom is -0.360 e. The highest BCUT2D eigenvalue weighted by Crippen LogP contribution is 2.32. The number of nitrogens with one attached hydrogen (secondary N) is 1. The average Bonchev–Trinajstić information content (AvgIpc) is 3.27. The van der Waals surface area contributed by atoms with Crippen LogP contribution >= 0.6 is 0 Å². The molecule has 0 radical (unpaired) electrons. The van der Waals surface area contributed by atoms with Gasteiger partial charge in [0.1, 0.15) is 6.04 Å². The average molecular weight is 273 g/mol. The second-order valence-corrected chi connectivity index (χ2v) is 5.96. The quantitative estimate of drug-likeness (QED) is 0.885. The van der Waals surface area contributed by atoms with Gasteiger partial charge in [0.2, 0.25) is 5.91 Å². The van der Waals surface area contributed by atoms with Gasteiger partial charge in [0, 0.05) is 24.3 Å². The first kappa shape index (κ1) is 13.4. The predicted octanol–water partition coefficient (Wildman–Crippen LogP) is 1.95. The molecule has 0 spiro atoms. The number of anilines is 1. The monoisotopic (exact) mass is 273 g/mol. The Morgan fingerprint density at radius 1 is 1.35 bits per heavy atom. The van der Waals surface area contributed by atoms with Crippen LogP contribution in [0.25, 0.3) is 0 Å². The van der Waals surface area contributed by atoms with Crippen molar-refractivity contribution in [2.75, 3.05) is 11.4 Å². The molecule has 1 aromatic rings. The Morgan fingerprint density at radius 3 is 2.85 bits per heavy atom. The zero-order valence-corrected chi connectivity index (χ0v) is 12.0. The molecule has 0 aromatic heterocycles. The molecular weight excluding hydrogens is 250 g/mol. The van der Waals surface area contributed by atoms with Gasteiger partial charge in [-0.25, -0.2) is 0 Å². The standard InChI is InChI=1S/C16H23N3O/c1-11(16(20)18-12-8-9-12)19-10-4-6-14(17)13-5-2-3-7-15(13)19/h2-3,5,7,11-12,14H,4,6,8-10,17H2,1H3,(H,18,20). The molecule has 2 atom stereocenters. The maximum atomic E-state index is 12.3. The van der Waals surface area contributed by atoms with Crippen LogP contribution in [0, 0.1) is 0 Å². The Kier molecular flexibility index (Phi) is 3.66. The normalized spacial score (nSPS) is 23.7. The highest BCUT2D eigenvalue weighted by Gasteiger charge is 2.30. The molecule has 108 valence electrons. The molecule has 3 rings (SSSR count). The summed E-state index contributed by atoms with van der Waals surface area (Å²) >= 11 is 0. The third kappa shape index (κ3) is 2.66. The summed E-state index contributed by atoms with van der Waals surface area (Å²) in [6, 6.07) is 8.57. The number of hydrogen-bond donors (Lipinski definition) is 2. The molecule has 1 amide bonds. The van der Waals surface area contributed by atoms with Crippen molar-refractivity contribution in [1.82, 2.24) is 5.32 Å². The molecule has 1 aliphatic heterocycles. The van der Waals surface area contributed by atoms with Crippen molar-refractivity contribution in [2.24, 2.45) is 5.73 Å². The topological polar surface area (TPSA) is 58.4 Å². The van der Waals surface area contributed by atoms with Gasteiger partial charge >= 0.3 is 0 Å². The van der Waals surface area contributed by atoms with Gasteiger partial charge in [-0.3, -0.25) is 4.79 Å². The fraction of sp³-hybridized carbons (Fsp3) is 0.562. The smallest absolute Gasteiger partial charge is 0.242 e. The third-order valence-corrected chi connectivity index (χ3v) is 4.33. The van der Waals surface area contributed by atoms with E-state index in [1.54, 1.807) is 0 Å². The van der Waals surface area contributed by atoms with Crippen molar-refractivity contribution in [3.05, 3.63) is 29.8 Å². The predicted molar refractivity (Wildman–Crippen MR) is 80.6 cm³/mol. The van der Waals surface area contributed by atoms with E-state index in [0.717, 1.165) is 43.5 Å². The SMILES string of the molecule is CC(C(=O)NC1CC1)N1CCCC(N)c2ccccc21. The van der Waals surface area contributed by atoms with E-state index in [1.807, 2.05) is 19.1 Å². The number of nitrogens with two attached hydrogens (primary N) is 1. The number of amides is 1. The summed E-state index contributed by atoms with van der Waals surface area (Å²) in [5.74, 6) is 0.137. The van der Waals surface area contributed by atoms with Gasteiger partial charge in [0.25, 0.3) is 0 Å². The zero-order chi connectivity index (χ0) is 14.1. The summed E-state index contributed by atoms with van der Waals surface area (Å²) < 4.78 is 0. The second-order valence-electron chi connectivity index (χ2n) is 5.96. The van der Waals surface area contributed by atoms with E-state index in [4.69, 9.17) is 5.73 Å². The van der Waals surface area contributed by atoms with E-state index in [-0.39, 0.29) is 18.0 Å². The fourth-order valence-corrected chi connectivity index (χ4v) is 2.91. The molecular formula is C16H23N3O. The molecule has 4 nitrogen and oxygen atoms in total. The summed E-state index contributed by atoms with van der Waals surface area (Å²) in [5, 5.41) is 3.10. The molecule has 2 unspecified atom stereocenters.